The van der Waals surface area contributed by atoms with E-state index in [9.17, 15) is 4.79 Å². The van der Waals surface area contributed by atoms with Crippen LogP contribution in [0.2, 0.25) is 0 Å². The molecule has 6 nitrogen and oxygen atoms in total. The molecule has 1 aliphatic heterocycles. The molecule has 1 saturated heterocycles. The van der Waals surface area contributed by atoms with Gasteiger partial charge < -0.3 is 9.26 Å². The Kier molecular flexibility index (Phi) is 8.10. The lowest BCUT2D eigenvalue weighted by Crippen LogP contribution is -2.25. The van der Waals surface area contributed by atoms with Gasteiger partial charge >= 0.3 is 5.97 Å². The molecule has 0 radical (unpaired) electrons. The average Bonchev–Trinajstić information content (AvgIpc) is 3.33. The molecule has 2 heterocycles. The Balaban J connectivity index is 1.58. The van der Waals surface area contributed by atoms with Crippen LogP contribution in [0.4, 0.5) is 0 Å². The quantitative estimate of drug-likeness (QED) is 0.524. The van der Waals surface area contributed by atoms with Crippen LogP contribution < -0.4 is 0 Å². The Morgan fingerprint density at radius 1 is 1.17 bits per heavy atom. The van der Waals surface area contributed by atoms with Gasteiger partial charge in [0.15, 0.2) is 5.82 Å². The zero-order valence-electron chi connectivity index (χ0n) is 18.6. The lowest BCUT2D eigenvalue weighted by Gasteiger charge is -2.23. The van der Waals surface area contributed by atoms with Crippen LogP contribution >= 0.6 is 0 Å². The molecule has 2 fully saturated rings. The Morgan fingerprint density at radius 3 is 2.59 bits per heavy atom. The third-order valence-corrected chi connectivity index (χ3v) is 6.12. The monoisotopic (exact) mass is 405 g/mol. The molecular formula is C23H39N3O3. The molecule has 1 aromatic heterocycles. The van der Waals surface area contributed by atoms with Crippen molar-refractivity contribution < 1.29 is 14.1 Å². The minimum Gasteiger partial charge on any atom is -0.460 e. The van der Waals surface area contributed by atoms with Crippen LogP contribution in [0.3, 0.4) is 0 Å². The predicted molar refractivity (Wildman–Crippen MR) is 112 cm³/mol. The summed E-state index contributed by atoms with van der Waals surface area (Å²) in [6.45, 7) is 8.67. The fourth-order valence-corrected chi connectivity index (χ4v) is 4.66. The Hall–Kier alpha value is -1.43. The molecule has 164 valence electrons. The van der Waals surface area contributed by atoms with Gasteiger partial charge in [0.05, 0.1) is 13.0 Å². The molecule has 0 N–H and O–H groups in total. The van der Waals surface area contributed by atoms with Gasteiger partial charge in [-0.2, -0.15) is 4.98 Å². The van der Waals surface area contributed by atoms with Gasteiger partial charge in [-0.05, 0) is 59.0 Å². The topological polar surface area (TPSA) is 68.5 Å². The molecule has 1 atom stereocenters. The normalized spacial score (nSPS) is 20.1. The number of hydrogen-bond donors (Lipinski definition) is 0. The van der Waals surface area contributed by atoms with Gasteiger partial charge in [0.25, 0.3) is 0 Å². The average molecular weight is 406 g/mol. The van der Waals surface area contributed by atoms with Crippen LogP contribution in [0.1, 0.15) is 109 Å². The van der Waals surface area contributed by atoms with Crippen LogP contribution in [0.25, 0.3) is 0 Å². The van der Waals surface area contributed by atoms with Crippen molar-refractivity contribution in [1.29, 1.82) is 0 Å². The largest absolute Gasteiger partial charge is 0.460 e. The summed E-state index contributed by atoms with van der Waals surface area (Å²) in [6, 6.07) is 0. The van der Waals surface area contributed by atoms with Crippen molar-refractivity contribution in [2.45, 2.75) is 109 Å². The zero-order valence-corrected chi connectivity index (χ0v) is 18.6. The van der Waals surface area contributed by atoms with E-state index in [2.05, 4.69) is 15.0 Å². The highest BCUT2D eigenvalue weighted by Crippen LogP contribution is 2.31. The molecule has 0 amide bonds. The van der Waals surface area contributed by atoms with Gasteiger partial charge in [-0.3, -0.25) is 9.69 Å². The molecule has 1 saturated carbocycles. The van der Waals surface area contributed by atoms with E-state index >= 15 is 0 Å². The number of rotatable bonds is 9. The number of carbonyl (C=O) groups excluding carboxylic acids is 1. The molecule has 2 aliphatic rings. The predicted octanol–water partition coefficient (Wildman–Crippen LogP) is 5.23. The van der Waals surface area contributed by atoms with Crippen molar-refractivity contribution in [1.82, 2.24) is 15.0 Å². The molecule has 3 rings (SSSR count). The number of esters is 1. The summed E-state index contributed by atoms with van der Waals surface area (Å²) < 4.78 is 11.2. The second-order valence-electron chi connectivity index (χ2n) is 9.95. The zero-order chi connectivity index (χ0) is 20.7. The van der Waals surface area contributed by atoms with Gasteiger partial charge in [0, 0.05) is 5.92 Å². The molecule has 6 heteroatoms. The summed E-state index contributed by atoms with van der Waals surface area (Å²) in [6.07, 6.45) is 12.9. The van der Waals surface area contributed by atoms with Crippen LogP contribution in [-0.2, 0) is 16.1 Å². The maximum atomic E-state index is 12.5. The van der Waals surface area contributed by atoms with Crippen LogP contribution in [0.15, 0.2) is 4.52 Å². The van der Waals surface area contributed by atoms with E-state index in [1.165, 1.54) is 51.4 Å². The highest BCUT2D eigenvalue weighted by atomic mass is 16.6. The molecule has 1 aromatic rings. The highest BCUT2D eigenvalue weighted by Gasteiger charge is 2.27. The summed E-state index contributed by atoms with van der Waals surface area (Å²) in [4.78, 5) is 19.5. The first-order valence-electron chi connectivity index (χ1n) is 11.7. The Labute approximate surface area is 175 Å². The van der Waals surface area contributed by atoms with Crippen LogP contribution in [0, 0.1) is 5.92 Å². The van der Waals surface area contributed by atoms with E-state index in [1.54, 1.807) is 0 Å². The van der Waals surface area contributed by atoms with Crippen molar-refractivity contribution in [3.8, 4) is 0 Å². The van der Waals surface area contributed by atoms with Crippen LogP contribution in [-0.4, -0.2) is 39.7 Å². The second-order valence-corrected chi connectivity index (χ2v) is 9.95. The molecular weight excluding hydrogens is 366 g/mol. The van der Waals surface area contributed by atoms with E-state index in [-0.39, 0.29) is 11.9 Å². The lowest BCUT2D eigenvalue weighted by atomic mass is 9.84. The Bertz CT molecular complexity index is 626. The molecule has 0 unspecified atom stereocenters. The van der Waals surface area contributed by atoms with Crippen molar-refractivity contribution in [3.05, 3.63) is 11.7 Å². The standard InChI is InChI=1S/C23H39N3O3/c1-23(2,3)28-21(27)16-19(13-9-12-18-10-5-4-6-11-18)22-24-20(25-29-22)17-26-14-7-8-15-26/h18-19H,4-17H2,1-3H3/t19-/m1/s1. The molecule has 0 aromatic carbocycles. The van der Waals surface area contributed by atoms with E-state index in [0.717, 1.165) is 44.2 Å². The number of ether oxygens (including phenoxy) is 1. The smallest absolute Gasteiger partial charge is 0.307 e. The van der Waals surface area contributed by atoms with Gasteiger partial charge in [0.1, 0.15) is 5.60 Å². The van der Waals surface area contributed by atoms with E-state index in [0.29, 0.717) is 12.3 Å². The van der Waals surface area contributed by atoms with E-state index in [1.807, 2.05) is 20.8 Å². The first-order chi connectivity index (χ1) is 13.9. The minimum atomic E-state index is -0.473. The minimum absolute atomic E-state index is 0.0479. The summed E-state index contributed by atoms with van der Waals surface area (Å²) in [7, 11) is 0. The molecule has 0 spiro atoms. The molecule has 1 aliphatic carbocycles. The summed E-state index contributed by atoms with van der Waals surface area (Å²) in [5.74, 6) is 1.96. The van der Waals surface area contributed by atoms with Crippen molar-refractivity contribution in [2.24, 2.45) is 5.92 Å². The number of carbonyl (C=O) groups is 1. The third kappa shape index (κ3) is 7.72. The van der Waals surface area contributed by atoms with Gasteiger partial charge in [-0.1, -0.05) is 50.1 Å². The third-order valence-electron chi connectivity index (χ3n) is 6.12. The van der Waals surface area contributed by atoms with Crippen molar-refractivity contribution in [2.75, 3.05) is 13.1 Å². The number of aromatic nitrogens is 2. The number of hydrogen-bond acceptors (Lipinski definition) is 6. The molecule has 0 bridgehead atoms. The van der Waals surface area contributed by atoms with Gasteiger partial charge in [-0.15, -0.1) is 0 Å². The summed E-state index contributed by atoms with van der Waals surface area (Å²) in [5, 5.41) is 4.20. The van der Waals surface area contributed by atoms with Crippen molar-refractivity contribution >= 4 is 5.97 Å². The highest BCUT2D eigenvalue weighted by molar-refractivity contribution is 5.70. The van der Waals surface area contributed by atoms with Gasteiger partial charge in [-0.25, -0.2) is 0 Å². The first kappa shape index (κ1) is 22.3. The number of nitrogens with zero attached hydrogens (tertiary/aromatic N) is 3. The Morgan fingerprint density at radius 2 is 1.90 bits per heavy atom. The first-order valence-corrected chi connectivity index (χ1v) is 11.7. The van der Waals surface area contributed by atoms with Gasteiger partial charge in [0.2, 0.25) is 5.89 Å². The van der Waals surface area contributed by atoms with Crippen molar-refractivity contribution in [3.63, 3.8) is 0 Å². The fourth-order valence-electron chi connectivity index (χ4n) is 4.66. The summed E-state index contributed by atoms with van der Waals surface area (Å²) >= 11 is 0. The van der Waals surface area contributed by atoms with Crippen LogP contribution in [0.5, 0.6) is 0 Å². The van der Waals surface area contributed by atoms with E-state index < -0.39 is 5.60 Å². The SMILES string of the molecule is CC(C)(C)OC(=O)C[C@@H](CCCC1CCCCC1)c1nc(CN2CCCC2)no1. The summed E-state index contributed by atoms with van der Waals surface area (Å²) in [5.41, 5.74) is -0.473. The maximum absolute atomic E-state index is 12.5. The lowest BCUT2D eigenvalue weighted by molar-refractivity contribution is -0.155. The number of likely N-dealkylation sites (tertiary alicyclic amines) is 1. The molecule has 29 heavy (non-hydrogen) atoms. The fraction of sp³-hybridized carbons (Fsp3) is 0.870. The maximum Gasteiger partial charge on any atom is 0.307 e. The van der Waals surface area contributed by atoms with E-state index in [4.69, 9.17) is 9.26 Å². The second kappa shape index (κ2) is 10.6.